The summed E-state index contributed by atoms with van der Waals surface area (Å²) in [4.78, 5) is 19.1. The zero-order valence-corrected chi connectivity index (χ0v) is 16.9. The van der Waals surface area contributed by atoms with Gasteiger partial charge < -0.3 is 14.5 Å². The normalized spacial score (nSPS) is 17.2. The number of morpholine rings is 1. The predicted octanol–water partition coefficient (Wildman–Crippen LogP) is 3.24. The third-order valence-electron chi connectivity index (χ3n) is 5.19. The second-order valence-electron chi connectivity index (χ2n) is 8.35. The molecule has 1 N–H and O–H groups in total. The molecule has 2 heterocycles. The Labute approximate surface area is 161 Å². The van der Waals surface area contributed by atoms with Crippen LogP contribution >= 0.6 is 0 Å². The molecular weight excluding hydrogens is 342 g/mol. The average molecular weight is 373 g/mol. The van der Waals surface area contributed by atoms with Gasteiger partial charge in [-0.25, -0.2) is 4.98 Å². The molecule has 0 spiro atoms. The maximum absolute atomic E-state index is 12.2. The maximum Gasteiger partial charge on any atom is 0.220 e. The number of oxazole rings is 1. The van der Waals surface area contributed by atoms with Gasteiger partial charge in [0.1, 0.15) is 5.52 Å². The summed E-state index contributed by atoms with van der Waals surface area (Å²) in [5.41, 5.74) is 2.88. The van der Waals surface area contributed by atoms with Gasteiger partial charge in [-0.2, -0.15) is 0 Å². The minimum Gasteiger partial charge on any atom is -0.439 e. The van der Waals surface area contributed by atoms with Gasteiger partial charge in [0.05, 0.1) is 19.8 Å². The summed E-state index contributed by atoms with van der Waals surface area (Å²) in [6, 6.07) is 6.48. The summed E-state index contributed by atoms with van der Waals surface area (Å²) < 4.78 is 11.1. The van der Waals surface area contributed by atoms with Gasteiger partial charge in [0.25, 0.3) is 0 Å². The molecule has 1 fully saturated rings. The Morgan fingerprint density at radius 2 is 2.04 bits per heavy atom. The number of nitrogens with zero attached hydrogens (tertiary/aromatic N) is 2. The highest BCUT2D eigenvalue weighted by Crippen LogP contribution is 2.26. The van der Waals surface area contributed by atoms with Crippen LogP contribution in [0.25, 0.3) is 11.1 Å². The molecule has 27 heavy (non-hydrogen) atoms. The number of nitrogens with one attached hydrogen (secondary N) is 1. The molecule has 1 amide bonds. The number of rotatable bonds is 6. The molecule has 6 nitrogen and oxygen atoms in total. The van der Waals surface area contributed by atoms with E-state index in [-0.39, 0.29) is 11.3 Å². The largest absolute Gasteiger partial charge is 0.439 e. The summed E-state index contributed by atoms with van der Waals surface area (Å²) in [6.45, 7) is 12.5. The predicted molar refractivity (Wildman–Crippen MR) is 106 cm³/mol. The van der Waals surface area contributed by atoms with Gasteiger partial charge in [-0.05, 0) is 36.5 Å². The van der Waals surface area contributed by atoms with Crippen LogP contribution in [0.15, 0.2) is 22.6 Å². The van der Waals surface area contributed by atoms with Crippen molar-refractivity contribution in [2.24, 2.45) is 0 Å². The van der Waals surface area contributed by atoms with E-state index in [1.165, 1.54) is 5.56 Å². The van der Waals surface area contributed by atoms with Crippen molar-refractivity contribution in [1.82, 2.24) is 15.2 Å². The topological polar surface area (TPSA) is 67.6 Å². The number of amides is 1. The maximum atomic E-state index is 12.2. The molecule has 0 unspecified atom stereocenters. The number of ether oxygens (including phenoxy) is 1. The molecule has 1 aromatic heterocycles. The molecule has 1 aliphatic heterocycles. The van der Waals surface area contributed by atoms with Crippen molar-refractivity contribution in [3.8, 4) is 0 Å². The van der Waals surface area contributed by atoms with Crippen molar-refractivity contribution in [1.29, 1.82) is 0 Å². The quantitative estimate of drug-likeness (QED) is 0.842. The first-order chi connectivity index (χ1) is 12.8. The van der Waals surface area contributed by atoms with Crippen molar-refractivity contribution < 1.29 is 13.9 Å². The summed E-state index contributed by atoms with van der Waals surface area (Å²) in [7, 11) is 0. The van der Waals surface area contributed by atoms with E-state index < -0.39 is 0 Å². The van der Waals surface area contributed by atoms with E-state index >= 15 is 0 Å². The van der Waals surface area contributed by atoms with E-state index in [1.54, 1.807) is 0 Å². The van der Waals surface area contributed by atoms with Crippen LogP contribution in [0, 0.1) is 0 Å². The van der Waals surface area contributed by atoms with Crippen LogP contribution in [-0.4, -0.2) is 48.1 Å². The van der Waals surface area contributed by atoms with Crippen LogP contribution in [0.3, 0.4) is 0 Å². The Morgan fingerprint density at radius 3 is 2.74 bits per heavy atom. The van der Waals surface area contributed by atoms with Crippen molar-refractivity contribution in [3.63, 3.8) is 0 Å². The average Bonchev–Trinajstić information content (AvgIpc) is 3.06. The minimum atomic E-state index is 0.0350. The molecule has 0 saturated carbocycles. The van der Waals surface area contributed by atoms with Gasteiger partial charge in [-0.15, -0.1) is 0 Å². The molecule has 1 aromatic carbocycles. The zero-order chi connectivity index (χ0) is 19.4. The van der Waals surface area contributed by atoms with Crippen LogP contribution in [-0.2, 0) is 21.5 Å². The molecule has 1 atom stereocenters. The van der Waals surface area contributed by atoms with Crippen molar-refractivity contribution in [2.45, 2.75) is 58.5 Å². The first-order valence-corrected chi connectivity index (χ1v) is 9.81. The number of carbonyl (C=O) groups is 1. The van der Waals surface area contributed by atoms with E-state index in [2.05, 4.69) is 55.0 Å². The molecule has 1 aliphatic rings. The first-order valence-electron chi connectivity index (χ1n) is 9.81. The monoisotopic (exact) mass is 373 g/mol. The van der Waals surface area contributed by atoms with Crippen LogP contribution < -0.4 is 5.32 Å². The Kier molecular flexibility index (Phi) is 6.17. The lowest BCUT2D eigenvalue weighted by Crippen LogP contribution is -2.42. The number of aromatic nitrogens is 1. The van der Waals surface area contributed by atoms with Gasteiger partial charge in [0, 0.05) is 25.6 Å². The summed E-state index contributed by atoms with van der Waals surface area (Å²) in [6.07, 6.45) is 1.35. The van der Waals surface area contributed by atoms with Gasteiger partial charge in [0.15, 0.2) is 5.58 Å². The smallest absolute Gasteiger partial charge is 0.220 e. The molecule has 2 aromatic rings. The minimum absolute atomic E-state index is 0.0350. The number of hydrogen-bond donors (Lipinski definition) is 1. The lowest BCUT2D eigenvalue weighted by molar-refractivity contribution is -0.121. The fraction of sp³-hybridized carbons (Fsp3) is 0.619. The fourth-order valence-corrected chi connectivity index (χ4v) is 3.32. The number of hydrogen-bond acceptors (Lipinski definition) is 5. The fourth-order valence-electron chi connectivity index (χ4n) is 3.32. The summed E-state index contributed by atoms with van der Waals surface area (Å²) >= 11 is 0. The molecule has 0 bridgehead atoms. The van der Waals surface area contributed by atoms with Crippen LogP contribution in [0.2, 0.25) is 0 Å². The third kappa shape index (κ3) is 5.30. The van der Waals surface area contributed by atoms with Crippen LogP contribution in [0.4, 0.5) is 0 Å². The van der Waals surface area contributed by atoms with Gasteiger partial charge in [-0.1, -0.05) is 26.8 Å². The standard InChI is InChI=1S/C21H31N3O3/c1-15(24-9-11-26-12-10-24)5-8-19(25)22-14-20-23-17-13-16(21(2,3)4)6-7-18(17)27-20/h6-7,13,15H,5,8-12,14H2,1-4H3,(H,22,25)/t15-/m0/s1. The lowest BCUT2D eigenvalue weighted by Gasteiger charge is -2.32. The molecule has 148 valence electrons. The van der Waals surface area contributed by atoms with Crippen molar-refractivity contribution >= 4 is 17.0 Å². The van der Waals surface area contributed by atoms with E-state index in [9.17, 15) is 4.79 Å². The van der Waals surface area contributed by atoms with Crippen LogP contribution in [0.1, 0.15) is 52.0 Å². The van der Waals surface area contributed by atoms with Gasteiger partial charge in [0.2, 0.25) is 11.8 Å². The molecule has 1 saturated heterocycles. The Balaban J connectivity index is 1.49. The zero-order valence-electron chi connectivity index (χ0n) is 16.9. The first kappa shape index (κ1) is 19.8. The van der Waals surface area contributed by atoms with E-state index in [4.69, 9.17) is 9.15 Å². The molecule has 6 heteroatoms. The van der Waals surface area contributed by atoms with E-state index in [0.29, 0.717) is 24.9 Å². The van der Waals surface area contributed by atoms with Crippen LogP contribution in [0.5, 0.6) is 0 Å². The molecular formula is C21H31N3O3. The SMILES string of the molecule is C[C@@H](CCC(=O)NCc1nc2cc(C(C)(C)C)ccc2o1)N1CCOCC1. The van der Waals surface area contributed by atoms with E-state index in [1.807, 2.05) is 6.07 Å². The number of carbonyl (C=O) groups excluding carboxylic acids is 1. The Hall–Kier alpha value is -1.92. The van der Waals surface area contributed by atoms with Gasteiger partial charge in [-0.3, -0.25) is 9.69 Å². The lowest BCUT2D eigenvalue weighted by atomic mass is 9.87. The Morgan fingerprint density at radius 1 is 1.30 bits per heavy atom. The number of fused-ring (bicyclic) bond motifs is 1. The summed E-state index contributed by atoms with van der Waals surface area (Å²) in [5, 5.41) is 2.92. The third-order valence-corrected chi connectivity index (χ3v) is 5.19. The highest BCUT2D eigenvalue weighted by Gasteiger charge is 2.18. The highest BCUT2D eigenvalue weighted by atomic mass is 16.5. The Bertz CT molecular complexity index is 773. The molecule has 0 radical (unpaired) electrons. The second kappa shape index (κ2) is 8.40. The molecule has 0 aliphatic carbocycles. The summed E-state index contributed by atoms with van der Waals surface area (Å²) in [5.74, 6) is 0.582. The van der Waals surface area contributed by atoms with Crippen molar-refractivity contribution in [3.05, 3.63) is 29.7 Å². The van der Waals surface area contributed by atoms with E-state index in [0.717, 1.165) is 43.8 Å². The van der Waals surface area contributed by atoms with Gasteiger partial charge >= 0.3 is 0 Å². The van der Waals surface area contributed by atoms with Crippen molar-refractivity contribution in [2.75, 3.05) is 26.3 Å². The molecule has 3 rings (SSSR count). The number of benzene rings is 1. The highest BCUT2D eigenvalue weighted by molar-refractivity contribution is 5.76. The second-order valence-corrected chi connectivity index (χ2v) is 8.35.